The lowest BCUT2D eigenvalue weighted by atomic mass is 10.1. The number of nitrogens with one attached hydrogen (secondary N) is 2. The summed E-state index contributed by atoms with van der Waals surface area (Å²) in [5.41, 5.74) is 6.60. The Morgan fingerprint density at radius 1 is 1.08 bits per heavy atom. The van der Waals surface area contributed by atoms with Crippen LogP contribution in [0.4, 0.5) is 0 Å². The maximum Gasteiger partial charge on any atom is 0.279 e. The molecule has 136 valence electrons. The van der Waals surface area contributed by atoms with E-state index in [1.807, 2.05) is 31.2 Å². The molecule has 0 spiro atoms. The number of carbonyl (C=O) groups is 2. The molecule has 1 atom stereocenters. The van der Waals surface area contributed by atoms with E-state index in [4.69, 9.17) is 27.9 Å². The molecule has 2 aromatic carbocycles. The zero-order chi connectivity index (χ0) is 19.1. The number of ether oxygens (including phenoxy) is 1. The van der Waals surface area contributed by atoms with Crippen molar-refractivity contribution in [1.82, 2.24) is 10.9 Å². The van der Waals surface area contributed by atoms with Crippen molar-refractivity contribution in [1.29, 1.82) is 0 Å². The maximum absolute atomic E-state index is 12.0. The van der Waals surface area contributed by atoms with Gasteiger partial charge in [0, 0.05) is 11.1 Å². The molecule has 2 rings (SSSR count). The minimum Gasteiger partial charge on any atom is -0.479 e. The molecule has 0 aliphatic rings. The Balaban J connectivity index is 1.83. The van der Waals surface area contributed by atoms with Gasteiger partial charge in [-0.1, -0.05) is 53.0 Å². The highest BCUT2D eigenvalue weighted by atomic mass is 35.5. The van der Waals surface area contributed by atoms with Crippen LogP contribution < -0.4 is 15.6 Å². The van der Waals surface area contributed by atoms with Gasteiger partial charge in [-0.3, -0.25) is 20.4 Å². The SMILES string of the molecule is Cc1ccc(C=CC(=O)NNC(=O)C(C)Oc2ccc(Cl)cc2Cl)cc1. The molecular formula is C19H18Cl2N2O3. The summed E-state index contributed by atoms with van der Waals surface area (Å²) in [6.45, 7) is 3.52. The van der Waals surface area contributed by atoms with Gasteiger partial charge in [-0.15, -0.1) is 0 Å². The lowest BCUT2D eigenvalue weighted by molar-refractivity contribution is -0.131. The first-order valence-electron chi connectivity index (χ1n) is 7.81. The fourth-order valence-electron chi connectivity index (χ4n) is 1.93. The molecule has 0 aliphatic heterocycles. The Hall–Kier alpha value is -2.50. The van der Waals surface area contributed by atoms with Crippen molar-refractivity contribution in [3.05, 3.63) is 69.7 Å². The van der Waals surface area contributed by atoms with Crippen LogP contribution in [-0.4, -0.2) is 17.9 Å². The molecule has 5 nitrogen and oxygen atoms in total. The van der Waals surface area contributed by atoms with Crippen LogP contribution in [0.15, 0.2) is 48.5 Å². The summed E-state index contributed by atoms with van der Waals surface area (Å²) in [6, 6.07) is 12.4. The Kier molecular flexibility index (Phi) is 7.06. The van der Waals surface area contributed by atoms with E-state index in [-0.39, 0.29) is 0 Å². The molecule has 0 saturated heterocycles. The third kappa shape index (κ3) is 6.10. The lowest BCUT2D eigenvalue weighted by Gasteiger charge is -2.15. The summed E-state index contributed by atoms with van der Waals surface area (Å²) in [5, 5.41) is 0.759. The largest absolute Gasteiger partial charge is 0.479 e. The number of halogens is 2. The van der Waals surface area contributed by atoms with Crippen molar-refractivity contribution < 1.29 is 14.3 Å². The van der Waals surface area contributed by atoms with Crippen LogP contribution in [0.5, 0.6) is 5.75 Å². The van der Waals surface area contributed by atoms with Crippen molar-refractivity contribution >= 4 is 41.1 Å². The fourth-order valence-corrected chi connectivity index (χ4v) is 2.38. The molecule has 2 aromatic rings. The Morgan fingerprint density at radius 3 is 2.42 bits per heavy atom. The Labute approximate surface area is 161 Å². The summed E-state index contributed by atoms with van der Waals surface area (Å²) < 4.78 is 5.46. The quantitative estimate of drug-likeness (QED) is 0.598. The van der Waals surface area contributed by atoms with Crippen LogP contribution in [0.2, 0.25) is 10.0 Å². The van der Waals surface area contributed by atoms with E-state index in [0.717, 1.165) is 11.1 Å². The van der Waals surface area contributed by atoms with E-state index in [9.17, 15) is 9.59 Å². The monoisotopic (exact) mass is 392 g/mol. The van der Waals surface area contributed by atoms with E-state index in [1.54, 1.807) is 18.2 Å². The van der Waals surface area contributed by atoms with E-state index < -0.39 is 17.9 Å². The van der Waals surface area contributed by atoms with Crippen LogP contribution in [-0.2, 0) is 9.59 Å². The second-order valence-corrected chi connectivity index (χ2v) is 6.40. The highest BCUT2D eigenvalue weighted by Gasteiger charge is 2.16. The zero-order valence-electron chi connectivity index (χ0n) is 14.3. The van der Waals surface area contributed by atoms with Crippen molar-refractivity contribution in [2.45, 2.75) is 20.0 Å². The van der Waals surface area contributed by atoms with Gasteiger partial charge in [0.05, 0.1) is 5.02 Å². The average molecular weight is 393 g/mol. The number of hydrogen-bond acceptors (Lipinski definition) is 3. The summed E-state index contributed by atoms with van der Waals surface area (Å²) in [6.07, 6.45) is 2.11. The first-order valence-corrected chi connectivity index (χ1v) is 8.57. The molecule has 0 fully saturated rings. The smallest absolute Gasteiger partial charge is 0.279 e. The maximum atomic E-state index is 12.0. The summed E-state index contributed by atoms with van der Waals surface area (Å²) in [4.78, 5) is 23.8. The number of hydrogen-bond donors (Lipinski definition) is 2. The summed E-state index contributed by atoms with van der Waals surface area (Å²) in [7, 11) is 0. The van der Waals surface area contributed by atoms with Gasteiger partial charge in [0.2, 0.25) is 0 Å². The predicted molar refractivity (Wildman–Crippen MR) is 103 cm³/mol. The van der Waals surface area contributed by atoms with Crippen LogP contribution in [0, 0.1) is 6.92 Å². The molecule has 2 N–H and O–H groups in total. The molecule has 0 heterocycles. The van der Waals surface area contributed by atoms with E-state index in [0.29, 0.717) is 15.8 Å². The topological polar surface area (TPSA) is 67.4 Å². The number of aryl methyl sites for hydroxylation is 1. The van der Waals surface area contributed by atoms with Crippen LogP contribution in [0.3, 0.4) is 0 Å². The van der Waals surface area contributed by atoms with Crippen molar-refractivity contribution in [2.24, 2.45) is 0 Å². The minimum absolute atomic E-state index is 0.294. The summed E-state index contributed by atoms with van der Waals surface area (Å²) >= 11 is 11.8. The zero-order valence-corrected chi connectivity index (χ0v) is 15.8. The van der Waals surface area contributed by atoms with Gasteiger partial charge in [0.1, 0.15) is 5.75 Å². The van der Waals surface area contributed by atoms with Gasteiger partial charge in [-0.2, -0.15) is 0 Å². The van der Waals surface area contributed by atoms with E-state index in [1.165, 1.54) is 19.1 Å². The fraction of sp³-hybridized carbons (Fsp3) is 0.158. The number of amides is 2. The molecule has 0 radical (unpaired) electrons. The first-order chi connectivity index (χ1) is 12.3. The minimum atomic E-state index is -0.866. The molecular weight excluding hydrogens is 375 g/mol. The number of carbonyl (C=O) groups excluding carboxylic acids is 2. The third-order valence-electron chi connectivity index (χ3n) is 3.38. The highest BCUT2D eigenvalue weighted by Crippen LogP contribution is 2.28. The predicted octanol–water partition coefficient (Wildman–Crippen LogP) is 3.93. The average Bonchev–Trinajstić information content (AvgIpc) is 2.61. The van der Waals surface area contributed by atoms with E-state index in [2.05, 4.69) is 10.9 Å². The molecule has 0 saturated carbocycles. The van der Waals surface area contributed by atoms with Crippen LogP contribution in [0.25, 0.3) is 6.08 Å². The standard InChI is InChI=1S/C19H18Cl2N2O3/c1-12-3-5-14(6-4-12)7-10-18(24)22-23-19(25)13(2)26-17-9-8-15(20)11-16(17)21/h3-11,13H,1-2H3,(H,22,24)(H,23,25). The number of rotatable bonds is 5. The molecule has 0 bridgehead atoms. The molecule has 1 unspecified atom stereocenters. The van der Waals surface area contributed by atoms with Gasteiger partial charge in [0.15, 0.2) is 6.10 Å². The van der Waals surface area contributed by atoms with Crippen molar-refractivity contribution in [3.8, 4) is 5.75 Å². The second kappa shape index (κ2) is 9.27. The van der Waals surface area contributed by atoms with Gasteiger partial charge in [0.25, 0.3) is 11.8 Å². The normalized spacial score (nSPS) is 11.8. The van der Waals surface area contributed by atoms with Gasteiger partial charge >= 0.3 is 0 Å². The van der Waals surface area contributed by atoms with Gasteiger partial charge < -0.3 is 4.74 Å². The third-order valence-corrected chi connectivity index (χ3v) is 3.91. The lowest BCUT2D eigenvalue weighted by Crippen LogP contribution is -2.46. The molecule has 2 amide bonds. The summed E-state index contributed by atoms with van der Waals surface area (Å²) in [5.74, 6) is -0.659. The van der Waals surface area contributed by atoms with Crippen molar-refractivity contribution in [3.63, 3.8) is 0 Å². The van der Waals surface area contributed by atoms with Gasteiger partial charge in [-0.05, 0) is 43.7 Å². The number of hydrazine groups is 1. The Bertz CT molecular complexity index is 820. The highest BCUT2D eigenvalue weighted by molar-refractivity contribution is 6.35. The molecule has 7 heteroatoms. The van der Waals surface area contributed by atoms with Crippen LogP contribution >= 0.6 is 23.2 Å². The first kappa shape index (κ1) is 19.8. The van der Waals surface area contributed by atoms with Crippen molar-refractivity contribution in [2.75, 3.05) is 0 Å². The second-order valence-electron chi connectivity index (χ2n) is 5.56. The molecule has 26 heavy (non-hydrogen) atoms. The van der Waals surface area contributed by atoms with E-state index >= 15 is 0 Å². The molecule has 0 aromatic heterocycles. The number of benzene rings is 2. The van der Waals surface area contributed by atoms with Gasteiger partial charge in [-0.25, -0.2) is 0 Å². The Morgan fingerprint density at radius 2 is 1.77 bits per heavy atom. The molecule has 0 aliphatic carbocycles. The van der Waals surface area contributed by atoms with Crippen LogP contribution in [0.1, 0.15) is 18.1 Å².